The summed E-state index contributed by atoms with van der Waals surface area (Å²) < 4.78 is 5.16. The minimum Gasteiger partial charge on any atom is -0.462 e. The molecule has 142 valence electrons. The van der Waals surface area contributed by atoms with Crippen LogP contribution in [0.15, 0.2) is 42.5 Å². The largest absolute Gasteiger partial charge is 0.462 e. The number of carbonyl (C=O) groups is 2. The fraction of sp³-hybridized carbons (Fsp3) is 0.263. The van der Waals surface area contributed by atoms with Crippen LogP contribution in [0.4, 0.5) is 11.4 Å². The highest BCUT2D eigenvalue weighted by Gasteiger charge is 2.16. The molecule has 2 aromatic carbocycles. The van der Waals surface area contributed by atoms with Crippen LogP contribution in [0.3, 0.4) is 0 Å². The summed E-state index contributed by atoms with van der Waals surface area (Å²) in [4.78, 5) is 34.5. The summed E-state index contributed by atoms with van der Waals surface area (Å²) in [5.74, 6) is -1.01. The smallest absolute Gasteiger partial charge is 0.338 e. The van der Waals surface area contributed by atoms with Crippen molar-refractivity contribution in [2.45, 2.75) is 26.2 Å². The van der Waals surface area contributed by atoms with Gasteiger partial charge in [-0.05, 0) is 36.8 Å². The number of ether oxygens (including phenoxy) is 1. The van der Waals surface area contributed by atoms with Crippen molar-refractivity contribution in [3.05, 3.63) is 68.7 Å². The summed E-state index contributed by atoms with van der Waals surface area (Å²) >= 11 is 5.96. The van der Waals surface area contributed by atoms with E-state index in [9.17, 15) is 19.7 Å². The fourth-order valence-electron chi connectivity index (χ4n) is 2.29. The number of carbonyl (C=O) groups excluding carboxylic acids is 2. The summed E-state index contributed by atoms with van der Waals surface area (Å²) in [5, 5.41) is 13.5. The van der Waals surface area contributed by atoms with Crippen LogP contribution < -0.4 is 5.32 Å². The van der Waals surface area contributed by atoms with E-state index < -0.39 is 16.8 Å². The van der Waals surface area contributed by atoms with Crippen molar-refractivity contribution in [2.75, 3.05) is 11.9 Å². The van der Waals surface area contributed by atoms with Gasteiger partial charge in [-0.1, -0.05) is 31.4 Å². The lowest BCUT2D eigenvalue weighted by Crippen LogP contribution is -2.13. The van der Waals surface area contributed by atoms with E-state index in [0.29, 0.717) is 17.9 Å². The Kier molecular flexibility index (Phi) is 7.31. The van der Waals surface area contributed by atoms with E-state index in [0.717, 1.165) is 25.3 Å². The van der Waals surface area contributed by atoms with E-state index in [2.05, 4.69) is 12.2 Å². The molecule has 0 unspecified atom stereocenters. The van der Waals surface area contributed by atoms with E-state index in [1.165, 1.54) is 24.3 Å². The van der Waals surface area contributed by atoms with Gasteiger partial charge in [0.05, 0.1) is 27.7 Å². The Balaban J connectivity index is 2.02. The Hall–Kier alpha value is -2.93. The van der Waals surface area contributed by atoms with Crippen molar-refractivity contribution in [1.82, 2.24) is 0 Å². The maximum Gasteiger partial charge on any atom is 0.338 e. The van der Waals surface area contributed by atoms with Gasteiger partial charge in [-0.25, -0.2) is 4.79 Å². The van der Waals surface area contributed by atoms with Gasteiger partial charge < -0.3 is 10.1 Å². The highest BCUT2D eigenvalue weighted by atomic mass is 35.5. The van der Waals surface area contributed by atoms with Gasteiger partial charge in [-0.2, -0.15) is 0 Å². The minimum atomic E-state index is -0.603. The molecule has 0 aliphatic heterocycles. The number of esters is 1. The lowest BCUT2D eigenvalue weighted by atomic mass is 10.1. The predicted octanol–water partition coefficient (Wildman–Crippen LogP) is 4.85. The number of hydrogen-bond donors (Lipinski definition) is 1. The van der Waals surface area contributed by atoms with Crippen molar-refractivity contribution in [1.29, 1.82) is 0 Å². The zero-order chi connectivity index (χ0) is 19.8. The van der Waals surface area contributed by atoms with Gasteiger partial charge in [0.1, 0.15) is 0 Å². The molecular formula is C19H19ClN2O5. The molecular weight excluding hydrogens is 372 g/mol. The van der Waals surface area contributed by atoms with Crippen molar-refractivity contribution in [3.63, 3.8) is 0 Å². The molecule has 0 bridgehead atoms. The molecule has 2 aromatic rings. The molecule has 0 aliphatic carbocycles. The first-order valence-corrected chi connectivity index (χ1v) is 8.82. The van der Waals surface area contributed by atoms with Gasteiger partial charge in [0.2, 0.25) is 0 Å². The van der Waals surface area contributed by atoms with E-state index >= 15 is 0 Å². The van der Waals surface area contributed by atoms with Crippen LogP contribution in [0.2, 0.25) is 5.02 Å². The summed E-state index contributed by atoms with van der Waals surface area (Å²) in [6, 6.07) is 9.79. The molecule has 8 heteroatoms. The Bertz CT molecular complexity index is 836. The first-order valence-electron chi connectivity index (χ1n) is 8.45. The number of unbranched alkanes of at least 4 members (excludes halogenated alkanes) is 2. The Labute approximate surface area is 161 Å². The molecule has 2 rings (SSSR count). The number of non-ortho nitro benzene ring substituents is 1. The summed E-state index contributed by atoms with van der Waals surface area (Å²) in [6.45, 7) is 2.44. The van der Waals surface area contributed by atoms with Crippen molar-refractivity contribution in [3.8, 4) is 0 Å². The fourth-order valence-corrected chi connectivity index (χ4v) is 2.49. The lowest BCUT2D eigenvalue weighted by molar-refractivity contribution is -0.384. The van der Waals surface area contributed by atoms with Gasteiger partial charge in [0.25, 0.3) is 11.6 Å². The second-order valence-corrected chi connectivity index (χ2v) is 6.20. The number of nitrogens with zero attached hydrogens (tertiary/aromatic N) is 1. The summed E-state index contributed by atoms with van der Waals surface area (Å²) in [5.41, 5.74) is 0.555. The minimum absolute atomic E-state index is 0.00900. The van der Waals surface area contributed by atoms with Crippen LogP contribution in [-0.2, 0) is 4.74 Å². The molecule has 0 fully saturated rings. The summed E-state index contributed by atoms with van der Waals surface area (Å²) in [6.07, 6.45) is 2.86. The SMILES string of the molecule is CCCCCOC(=O)c1ccc(NC(=O)c2cc([N+](=O)[O-])ccc2Cl)cc1. The number of nitro benzene ring substituents is 1. The predicted molar refractivity (Wildman–Crippen MR) is 102 cm³/mol. The van der Waals surface area contributed by atoms with Crippen molar-refractivity contribution < 1.29 is 19.2 Å². The topological polar surface area (TPSA) is 98.5 Å². The highest BCUT2D eigenvalue weighted by Crippen LogP contribution is 2.23. The molecule has 0 atom stereocenters. The Morgan fingerprint density at radius 1 is 1.15 bits per heavy atom. The Morgan fingerprint density at radius 3 is 2.48 bits per heavy atom. The number of halogens is 1. The van der Waals surface area contributed by atoms with Gasteiger partial charge in [0.15, 0.2) is 0 Å². The van der Waals surface area contributed by atoms with Crippen molar-refractivity contribution in [2.24, 2.45) is 0 Å². The van der Waals surface area contributed by atoms with E-state index in [-0.39, 0.29) is 16.3 Å². The van der Waals surface area contributed by atoms with Gasteiger partial charge in [0, 0.05) is 17.8 Å². The average molecular weight is 391 g/mol. The molecule has 0 saturated carbocycles. The normalized spacial score (nSPS) is 10.3. The zero-order valence-corrected chi connectivity index (χ0v) is 15.5. The van der Waals surface area contributed by atoms with Gasteiger partial charge >= 0.3 is 5.97 Å². The van der Waals surface area contributed by atoms with Gasteiger partial charge in [-0.15, -0.1) is 0 Å². The molecule has 7 nitrogen and oxygen atoms in total. The number of rotatable bonds is 8. The molecule has 0 saturated heterocycles. The van der Waals surface area contributed by atoms with Crippen LogP contribution in [0.5, 0.6) is 0 Å². The molecule has 1 N–H and O–H groups in total. The molecule has 27 heavy (non-hydrogen) atoms. The first kappa shape index (κ1) is 20.4. The second kappa shape index (κ2) is 9.68. The number of hydrogen-bond acceptors (Lipinski definition) is 5. The second-order valence-electron chi connectivity index (χ2n) is 5.80. The molecule has 1 amide bonds. The molecule has 0 spiro atoms. The van der Waals surface area contributed by atoms with E-state index in [1.807, 2.05) is 0 Å². The maximum absolute atomic E-state index is 12.3. The number of amides is 1. The zero-order valence-electron chi connectivity index (χ0n) is 14.7. The lowest BCUT2D eigenvalue weighted by Gasteiger charge is -2.08. The molecule has 0 aromatic heterocycles. The average Bonchev–Trinajstić information content (AvgIpc) is 2.65. The van der Waals surface area contributed by atoms with E-state index in [4.69, 9.17) is 16.3 Å². The maximum atomic E-state index is 12.3. The summed E-state index contributed by atoms with van der Waals surface area (Å²) in [7, 11) is 0. The number of anilines is 1. The third kappa shape index (κ3) is 5.79. The molecule has 0 aliphatic rings. The van der Waals surface area contributed by atoms with E-state index in [1.54, 1.807) is 12.1 Å². The third-order valence-corrected chi connectivity index (χ3v) is 4.09. The van der Waals surface area contributed by atoms with Crippen LogP contribution in [0.25, 0.3) is 0 Å². The number of nitro groups is 1. The Morgan fingerprint density at radius 2 is 1.85 bits per heavy atom. The third-order valence-electron chi connectivity index (χ3n) is 3.76. The first-order chi connectivity index (χ1) is 12.9. The monoisotopic (exact) mass is 390 g/mol. The van der Waals surface area contributed by atoms with Crippen LogP contribution >= 0.6 is 11.6 Å². The molecule has 0 radical (unpaired) electrons. The van der Waals surface area contributed by atoms with Gasteiger partial charge in [-0.3, -0.25) is 14.9 Å². The van der Waals surface area contributed by atoms with Crippen LogP contribution in [-0.4, -0.2) is 23.4 Å². The molecule has 0 heterocycles. The van der Waals surface area contributed by atoms with Crippen molar-refractivity contribution >= 4 is 34.9 Å². The van der Waals surface area contributed by atoms with Crippen LogP contribution in [0.1, 0.15) is 46.9 Å². The quantitative estimate of drug-likeness (QED) is 0.300. The van der Waals surface area contributed by atoms with Crippen LogP contribution in [0, 0.1) is 10.1 Å². The standard InChI is InChI=1S/C19H19ClN2O5/c1-2-3-4-11-27-19(24)13-5-7-14(8-6-13)21-18(23)16-12-15(22(25)26)9-10-17(16)20/h5-10,12H,2-4,11H2,1H3,(H,21,23). The number of benzene rings is 2. The number of nitrogens with one attached hydrogen (secondary N) is 1. The highest BCUT2D eigenvalue weighted by molar-refractivity contribution is 6.34.